The first-order valence-corrected chi connectivity index (χ1v) is 7.76. The standard InChI is InChI=1S/C16H17N3O2S/c1-11-14(10-17)16(22-19-11)18-13(7-8-15(20)21)9-12-5-3-2-4-6-12/h2-6,13,18H,7-9H2,1H3,(H,20,21). The molecular formula is C16H17N3O2S. The number of carbonyl (C=O) groups is 1. The van der Waals surface area contributed by atoms with E-state index in [-0.39, 0.29) is 12.5 Å². The molecule has 0 spiro atoms. The van der Waals surface area contributed by atoms with Crippen LogP contribution in [-0.2, 0) is 11.2 Å². The number of benzene rings is 1. The Hall–Kier alpha value is -2.39. The topological polar surface area (TPSA) is 86.0 Å². The van der Waals surface area contributed by atoms with Crippen LogP contribution in [0.25, 0.3) is 0 Å². The van der Waals surface area contributed by atoms with Gasteiger partial charge in [0.15, 0.2) is 0 Å². The Balaban J connectivity index is 2.13. The van der Waals surface area contributed by atoms with Crippen molar-refractivity contribution >= 4 is 22.5 Å². The van der Waals surface area contributed by atoms with E-state index in [4.69, 9.17) is 5.11 Å². The number of rotatable bonds is 7. The van der Waals surface area contributed by atoms with Crippen molar-refractivity contribution in [2.45, 2.75) is 32.2 Å². The van der Waals surface area contributed by atoms with E-state index in [1.165, 1.54) is 11.5 Å². The summed E-state index contributed by atoms with van der Waals surface area (Å²) in [6.07, 6.45) is 1.28. The van der Waals surface area contributed by atoms with Crippen LogP contribution in [0.15, 0.2) is 30.3 Å². The minimum absolute atomic E-state index is 0.0505. The Morgan fingerprint density at radius 2 is 2.18 bits per heavy atom. The molecule has 0 saturated carbocycles. The van der Waals surface area contributed by atoms with Crippen LogP contribution in [0.3, 0.4) is 0 Å². The molecule has 0 bridgehead atoms. The SMILES string of the molecule is Cc1nsc(NC(CCC(=O)O)Cc2ccccc2)c1C#N. The average molecular weight is 315 g/mol. The molecule has 22 heavy (non-hydrogen) atoms. The summed E-state index contributed by atoms with van der Waals surface area (Å²) in [4.78, 5) is 10.8. The first-order valence-electron chi connectivity index (χ1n) is 6.98. The first kappa shape index (κ1) is 16.0. The third kappa shape index (κ3) is 4.30. The van der Waals surface area contributed by atoms with Crippen LogP contribution >= 0.6 is 11.5 Å². The quantitative estimate of drug-likeness (QED) is 0.819. The number of carboxylic acids is 1. The number of aromatic nitrogens is 1. The lowest BCUT2D eigenvalue weighted by Crippen LogP contribution is -2.23. The summed E-state index contributed by atoms with van der Waals surface area (Å²) in [6.45, 7) is 1.80. The molecule has 1 unspecified atom stereocenters. The highest BCUT2D eigenvalue weighted by Gasteiger charge is 2.16. The van der Waals surface area contributed by atoms with Gasteiger partial charge >= 0.3 is 5.97 Å². The van der Waals surface area contributed by atoms with Crippen LogP contribution in [0.4, 0.5) is 5.00 Å². The average Bonchev–Trinajstić information content (AvgIpc) is 2.85. The Kier molecular flexibility index (Phi) is 5.50. The lowest BCUT2D eigenvalue weighted by molar-refractivity contribution is -0.137. The summed E-state index contributed by atoms with van der Waals surface area (Å²) in [5.74, 6) is -0.819. The summed E-state index contributed by atoms with van der Waals surface area (Å²) in [7, 11) is 0. The number of nitrogens with one attached hydrogen (secondary N) is 1. The third-order valence-corrected chi connectivity index (χ3v) is 4.21. The van der Waals surface area contributed by atoms with Gasteiger partial charge in [0.05, 0.1) is 5.69 Å². The van der Waals surface area contributed by atoms with Crippen molar-refractivity contribution in [2.24, 2.45) is 0 Å². The highest BCUT2D eigenvalue weighted by atomic mass is 32.1. The Morgan fingerprint density at radius 3 is 2.82 bits per heavy atom. The van der Waals surface area contributed by atoms with Crippen molar-refractivity contribution in [3.63, 3.8) is 0 Å². The molecule has 0 aliphatic heterocycles. The number of nitrogens with zero attached hydrogens (tertiary/aromatic N) is 2. The summed E-state index contributed by atoms with van der Waals surface area (Å²) >= 11 is 1.24. The molecule has 6 heteroatoms. The largest absolute Gasteiger partial charge is 0.481 e. The molecule has 0 saturated heterocycles. The zero-order valence-corrected chi connectivity index (χ0v) is 13.1. The molecule has 1 heterocycles. The van der Waals surface area contributed by atoms with E-state index >= 15 is 0 Å². The minimum Gasteiger partial charge on any atom is -0.481 e. The smallest absolute Gasteiger partial charge is 0.303 e. The minimum atomic E-state index is -0.819. The van der Waals surface area contributed by atoms with E-state index in [0.717, 1.165) is 5.56 Å². The van der Waals surface area contributed by atoms with Crippen LogP contribution in [0, 0.1) is 18.3 Å². The molecule has 1 aromatic carbocycles. The summed E-state index contributed by atoms with van der Waals surface area (Å²) in [5.41, 5.74) is 2.37. The molecule has 0 aliphatic rings. The molecule has 0 amide bonds. The van der Waals surface area contributed by atoms with Crippen LogP contribution in [0.5, 0.6) is 0 Å². The maximum absolute atomic E-state index is 10.8. The number of anilines is 1. The molecule has 2 aromatic rings. The van der Waals surface area contributed by atoms with Gasteiger partial charge in [0.2, 0.25) is 0 Å². The van der Waals surface area contributed by atoms with Gasteiger partial charge in [-0.3, -0.25) is 4.79 Å². The maximum atomic E-state index is 10.8. The van der Waals surface area contributed by atoms with Crippen molar-refractivity contribution in [3.8, 4) is 6.07 Å². The predicted molar refractivity (Wildman–Crippen MR) is 86.0 cm³/mol. The van der Waals surface area contributed by atoms with Gasteiger partial charge in [-0.25, -0.2) is 0 Å². The van der Waals surface area contributed by atoms with Crippen LogP contribution in [0.1, 0.15) is 29.7 Å². The van der Waals surface area contributed by atoms with Gasteiger partial charge in [-0.2, -0.15) is 9.64 Å². The normalized spacial score (nSPS) is 11.6. The van der Waals surface area contributed by atoms with Crippen LogP contribution in [-0.4, -0.2) is 21.5 Å². The first-order chi connectivity index (χ1) is 10.6. The maximum Gasteiger partial charge on any atom is 0.303 e. The lowest BCUT2D eigenvalue weighted by atomic mass is 10.0. The number of aryl methyl sites for hydroxylation is 1. The van der Waals surface area contributed by atoms with E-state index in [2.05, 4.69) is 15.8 Å². The van der Waals surface area contributed by atoms with Gasteiger partial charge in [0.25, 0.3) is 0 Å². The fraction of sp³-hybridized carbons (Fsp3) is 0.312. The number of hydrogen-bond acceptors (Lipinski definition) is 5. The molecule has 2 N–H and O–H groups in total. The van der Waals surface area contributed by atoms with E-state index in [1.54, 1.807) is 6.92 Å². The molecule has 0 fully saturated rings. The molecule has 5 nitrogen and oxygen atoms in total. The molecule has 114 valence electrons. The zero-order valence-electron chi connectivity index (χ0n) is 12.2. The second-order valence-corrected chi connectivity index (χ2v) is 5.82. The van der Waals surface area contributed by atoms with Crippen molar-refractivity contribution in [2.75, 3.05) is 5.32 Å². The van der Waals surface area contributed by atoms with Crippen molar-refractivity contribution < 1.29 is 9.90 Å². The fourth-order valence-electron chi connectivity index (χ4n) is 2.21. The van der Waals surface area contributed by atoms with Gasteiger partial charge in [-0.05, 0) is 36.9 Å². The molecule has 1 aromatic heterocycles. The van der Waals surface area contributed by atoms with Crippen molar-refractivity contribution in [1.82, 2.24) is 4.37 Å². The summed E-state index contributed by atoms with van der Waals surface area (Å²) in [5, 5.41) is 22.1. The van der Waals surface area contributed by atoms with E-state index in [9.17, 15) is 10.1 Å². The van der Waals surface area contributed by atoms with E-state index < -0.39 is 5.97 Å². The van der Waals surface area contributed by atoms with Gasteiger partial charge in [-0.15, -0.1) is 0 Å². The number of aliphatic carboxylic acids is 1. The fourth-order valence-corrected chi connectivity index (χ4v) is 3.03. The van der Waals surface area contributed by atoms with E-state index in [0.29, 0.717) is 29.1 Å². The Morgan fingerprint density at radius 1 is 1.45 bits per heavy atom. The molecular weight excluding hydrogens is 298 g/mol. The molecule has 1 atom stereocenters. The van der Waals surface area contributed by atoms with Crippen molar-refractivity contribution in [3.05, 3.63) is 47.2 Å². The highest BCUT2D eigenvalue weighted by Crippen LogP contribution is 2.25. The number of carboxylic acid groups (broad SMARTS) is 1. The summed E-state index contributed by atoms with van der Waals surface area (Å²) in [6, 6.07) is 12.0. The molecule has 2 rings (SSSR count). The van der Waals surface area contributed by atoms with Crippen molar-refractivity contribution in [1.29, 1.82) is 5.26 Å². The number of hydrogen-bond donors (Lipinski definition) is 2. The highest BCUT2D eigenvalue weighted by molar-refractivity contribution is 7.10. The third-order valence-electron chi connectivity index (χ3n) is 3.34. The predicted octanol–water partition coefficient (Wildman–Crippen LogP) is 3.21. The van der Waals surface area contributed by atoms with Gasteiger partial charge in [0.1, 0.15) is 16.6 Å². The van der Waals surface area contributed by atoms with Gasteiger partial charge in [0, 0.05) is 12.5 Å². The second-order valence-electron chi connectivity index (χ2n) is 5.05. The monoisotopic (exact) mass is 315 g/mol. The molecule has 0 aliphatic carbocycles. The van der Waals surface area contributed by atoms with Crippen LogP contribution < -0.4 is 5.32 Å². The Bertz CT molecular complexity index is 676. The van der Waals surface area contributed by atoms with Gasteiger partial charge in [-0.1, -0.05) is 30.3 Å². The summed E-state index contributed by atoms with van der Waals surface area (Å²) < 4.78 is 4.18. The van der Waals surface area contributed by atoms with Gasteiger partial charge < -0.3 is 10.4 Å². The zero-order chi connectivity index (χ0) is 15.9. The second kappa shape index (κ2) is 7.57. The molecule has 0 radical (unpaired) electrons. The number of nitriles is 1. The lowest BCUT2D eigenvalue weighted by Gasteiger charge is -2.18. The Labute approximate surface area is 133 Å². The van der Waals surface area contributed by atoms with Crippen LogP contribution in [0.2, 0.25) is 0 Å². The van der Waals surface area contributed by atoms with E-state index in [1.807, 2.05) is 30.3 Å².